The van der Waals surface area contributed by atoms with Crippen LogP contribution in [0, 0.1) is 12.3 Å². The van der Waals surface area contributed by atoms with Gasteiger partial charge in [0.15, 0.2) is 0 Å². The summed E-state index contributed by atoms with van der Waals surface area (Å²) >= 11 is 0. The minimum absolute atomic E-state index is 0.320. The molecule has 200 valence electrons. The molecule has 3 aromatic carbocycles. The molecule has 6 heteroatoms. The fourth-order valence-corrected chi connectivity index (χ4v) is 5.04. The molecule has 0 bridgehead atoms. The Morgan fingerprint density at radius 1 is 0.974 bits per heavy atom. The molecule has 39 heavy (non-hydrogen) atoms. The second-order valence-corrected chi connectivity index (χ2v) is 10.9. The molecule has 0 radical (unpaired) electrons. The first-order chi connectivity index (χ1) is 18.7. The van der Waals surface area contributed by atoms with E-state index in [1.165, 1.54) is 16.5 Å². The maximum Gasteiger partial charge on any atom is 0.309 e. The van der Waals surface area contributed by atoms with Gasteiger partial charge in [-0.25, -0.2) is 9.97 Å². The summed E-state index contributed by atoms with van der Waals surface area (Å²) in [5.74, 6) is 0.612. The molecule has 0 aliphatic heterocycles. The van der Waals surface area contributed by atoms with Crippen LogP contribution in [0.2, 0.25) is 0 Å². The van der Waals surface area contributed by atoms with Crippen LogP contribution in [0.4, 0.5) is 0 Å². The molecule has 6 nitrogen and oxygen atoms in total. The molecule has 0 aliphatic rings. The maximum absolute atomic E-state index is 11.9. The molecular weight excluding hydrogens is 486 g/mol. The van der Waals surface area contributed by atoms with Crippen LogP contribution in [0.15, 0.2) is 72.8 Å². The summed E-state index contributed by atoms with van der Waals surface area (Å²) in [4.78, 5) is 21.6. The number of hydrogen-bond acceptors (Lipinski definition) is 4. The number of nitrogens with zero attached hydrogens (tertiary/aromatic N) is 3. The highest BCUT2D eigenvalue weighted by atomic mass is 16.5. The highest BCUT2D eigenvalue weighted by Gasteiger charge is 2.30. The van der Waals surface area contributed by atoms with E-state index in [-0.39, 0.29) is 0 Å². The Bertz CT molecular complexity index is 1650. The fraction of sp³-hybridized carbons (Fsp3) is 0.303. The van der Waals surface area contributed by atoms with E-state index in [0.717, 1.165) is 46.5 Å². The van der Waals surface area contributed by atoms with Crippen molar-refractivity contribution < 1.29 is 14.6 Å². The lowest BCUT2D eigenvalue weighted by atomic mass is 9.89. The number of carboxylic acids is 1. The van der Waals surface area contributed by atoms with Crippen molar-refractivity contribution in [2.24, 2.45) is 5.41 Å². The van der Waals surface area contributed by atoms with Gasteiger partial charge in [0, 0.05) is 24.4 Å². The molecule has 5 rings (SSSR count). The van der Waals surface area contributed by atoms with Crippen molar-refractivity contribution in [2.45, 2.75) is 60.1 Å². The fourth-order valence-electron chi connectivity index (χ4n) is 5.04. The van der Waals surface area contributed by atoms with E-state index in [1.54, 1.807) is 13.8 Å². The predicted molar refractivity (Wildman–Crippen MR) is 155 cm³/mol. The van der Waals surface area contributed by atoms with Gasteiger partial charge in [0.2, 0.25) is 0 Å². The average molecular weight is 522 g/mol. The zero-order chi connectivity index (χ0) is 27.6. The minimum atomic E-state index is -0.941. The Balaban J connectivity index is 1.46. The first-order valence-corrected chi connectivity index (χ1v) is 13.5. The van der Waals surface area contributed by atoms with Crippen LogP contribution < -0.4 is 4.74 Å². The van der Waals surface area contributed by atoms with Gasteiger partial charge in [-0.2, -0.15) is 0 Å². The third-order valence-electron chi connectivity index (χ3n) is 7.16. The van der Waals surface area contributed by atoms with E-state index in [4.69, 9.17) is 14.7 Å². The number of carbonyl (C=O) groups is 1. The lowest BCUT2D eigenvalue weighted by Gasteiger charge is -2.19. The number of benzene rings is 3. The van der Waals surface area contributed by atoms with E-state index in [2.05, 4.69) is 54.8 Å². The molecular formula is C33H35N3O3. The first kappa shape index (κ1) is 26.4. The van der Waals surface area contributed by atoms with E-state index in [0.29, 0.717) is 25.3 Å². The summed E-state index contributed by atoms with van der Waals surface area (Å²) < 4.78 is 8.32. The summed E-state index contributed by atoms with van der Waals surface area (Å²) in [5, 5.41) is 11.0. The summed E-state index contributed by atoms with van der Waals surface area (Å²) in [6.07, 6.45) is 2.38. The van der Waals surface area contributed by atoms with Crippen molar-refractivity contribution in [1.29, 1.82) is 0 Å². The molecule has 2 aromatic heterocycles. The Labute approximate surface area is 229 Å². The second-order valence-electron chi connectivity index (χ2n) is 10.9. The van der Waals surface area contributed by atoms with Crippen molar-refractivity contribution in [3.8, 4) is 5.75 Å². The average Bonchev–Trinajstić information content (AvgIpc) is 3.22. The SMILES string of the molecule is CCCc1cc(COc2ccc3c(c2)nc(CC(C)(C)C(=O)O)n3Cc2cccc(C)c2)nc2ccccc12. The lowest BCUT2D eigenvalue weighted by Crippen LogP contribution is -2.27. The van der Waals surface area contributed by atoms with Gasteiger partial charge in [-0.15, -0.1) is 0 Å². The van der Waals surface area contributed by atoms with Gasteiger partial charge < -0.3 is 14.4 Å². The number of aryl methyl sites for hydroxylation is 2. The van der Waals surface area contributed by atoms with Gasteiger partial charge in [0.1, 0.15) is 18.2 Å². The van der Waals surface area contributed by atoms with Gasteiger partial charge >= 0.3 is 5.97 Å². The Morgan fingerprint density at radius 2 is 1.79 bits per heavy atom. The number of aliphatic carboxylic acids is 1. The molecule has 0 aliphatic carbocycles. The lowest BCUT2D eigenvalue weighted by molar-refractivity contribution is -0.146. The van der Waals surface area contributed by atoms with Crippen molar-refractivity contribution in [2.75, 3.05) is 0 Å². The van der Waals surface area contributed by atoms with E-state index in [1.807, 2.05) is 36.4 Å². The topological polar surface area (TPSA) is 77.2 Å². The molecule has 0 saturated carbocycles. The third kappa shape index (κ3) is 5.80. The van der Waals surface area contributed by atoms with Gasteiger partial charge in [-0.05, 0) is 62.6 Å². The number of rotatable bonds is 10. The number of ether oxygens (including phenoxy) is 1. The second kappa shape index (κ2) is 10.9. The number of para-hydroxylation sites is 1. The van der Waals surface area contributed by atoms with Gasteiger partial charge in [0.05, 0.1) is 27.7 Å². The summed E-state index contributed by atoms with van der Waals surface area (Å²) in [5.41, 5.74) is 6.30. The van der Waals surface area contributed by atoms with Crippen LogP contribution in [0.25, 0.3) is 21.9 Å². The molecule has 0 unspecified atom stereocenters. The highest BCUT2D eigenvalue weighted by molar-refractivity contribution is 5.82. The number of fused-ring (bicyclic) bond motifs is 2. The van der Waals surface area contributed by atoms with Crippen LogP contribution in [0.5, 0.6) is 5.75 Å². The molecule has 0 amide bonds. The van der Waals surface area contributed by atoms with Crippen LogP contribution >= 0.6 is 0 Å². The van der Waals surface area contributed by atoms with Crippen LogP contribution in [-0.4, -0.2) is 25.6 Å². The Kier molecular flexibility index (Phi) is 7.38. The van der Waals surface area contributed by atoms with Crippen molar-refractivity contribution >= 4 is 27.9 Å². The minimum Gasteiger partial charge on any atom is -0.487 e. The molecule has 1 N–H and O–H groups in total. The zero-order valence-electron chi connectivity index (χ0n) is 23.1. The van der Waals surface area contributed by atoms with E-state index >= 15 is 0 Å². The van der Waals surface area contributed by atoms with Crippen molar-refractivity contribution in [1.82, 2.24) is 14.5 Å². The quantitative estimate of drug-likeness (QED) is 0.212. The van der Waals surface area contributed by atoms with Crippen molar-refractivity contribution in [3.63, 3.8) is 0 Å². The van der Waals surface area contributed by atoms with Gasteiger partial charge in [-0.3, -0.25) is 4.79 Å². The summed E-state index contributed by atoms with van der Waals surface area (Å²) in [7, 11) is 0. The number of aromatic nitrogens is 3. The number of hydrogen-bond donors (Lipinski definition) is 1. The molecule has 0 fully saturated rings. The monoisotopic (exact) mass is 521 g/mol. The van der Waals surface area contributed by atoms with E-state index in [9.17, 15) is 9.90 Å². The highest BCUT2D eigenvalue weighted by Crippen LogP contribution is 2.29. The predicted octanol–water partition coefficient (Wildman–Crippen LogP) is 7.13. The van der Waals surface area contributed by atoms with Crippen LogP contribution in [-0.2, 0) is 30.8 Å². The maximum atomic E-state index is 11.9. The number of imidazole rings is 1. The van der Waals surface area contributed by atoms with Gasteiger partial charge in [-0.1, -0.05) is 61.4 Å². The summed E-state index contributed by atoms with van der Waals surface area (Å²) in [6.45, 7) is 8.71. The number of pyridine rings is 1. The van der Waals surface area contributed by atoms with Gasteiger partial charge in [0.25, 0.3) is 0 Å². The third-order valence-corrected chi connectivity index (χ3v) is 7.16. The van der Waals surface area contributed by atoms with Crippen molar-refractivity contribution in [3.05, 3.63) is 101 Å². The standard InChI is InChI=1S/C33H35N3O3/c1-5-9-24-17-25(34-28-13-7-6-12-27(24)28)21-39-26-14-15-30-29(18-26)35-31(19-33(3,4)32(37)38)36(30)20-23-11-8-10-22(2)16-23/h6-8,10-18H,5,9,19-21H2,1-4H3,(H,37,38). The molecule has 0 atom stereocenters. The molecule has 0 spiro atoms. The largest absolute Gasteiger partial charge is 0.487 e. The molecule has 2 heterocycles. The smallest absolute Gasteiger partial charge is 0.309 e. The molecule has 0 saturated heterocycles. The Morgan fingerprint density at radius 3 is 2.56 bits per heavy atom. The first-order valence-electron chi connectivity index (χ1n) is 13.5. The van der Waals surface area contributed by atoms with E-state index < -0.39 is 11.4 Å². The molecule has 5 aromatic rings. The summed E-state index contributed by atoms with van der Waals surface area (Å²) in [6, 6.07) is 24.7. The van der Waals surface area contributed by atoms with Crippen LogP contribution in [0.1, 0.15) is 55.4 Å². The normalized spacial score (nSPS) is 11.8. The number of carboxylic acid groups (broad SMARTS) is 1. The zero-order valence-corrected chi connectivity index (χ0v) is 23.1. The Hall–Kier alpha value is -4.19. The van der Waals surface area contributed by atoms with Crippen LogP contribution in [0.3, 0.4) is 0 Å².